The molecule has 0 radical (unpaired) electrons. The van der Waals surface area contributed by atoms with Gasteiger partial charge in [-0.1, -0.05) is 18.2 Å². The van der Waals surface area contributed by atoms with Gasteiger partial charge in [0.2, 0.25) is 0 Å². The minimum absolute atomic E-state index is 0.0221. The average molecular weight is 671 g/mol. The Balaban J connectivity index is 1.13. The molecular formula is C37H34F4N6O2. The average Bonchev–Trinajstić information content (AvgIpc) is 3.78. The quantitative estimate of drug-likeness (QED) is 0.191. The summed E-state index contributed by atoms with van der Waals surface area (Å²) in [6.45, 7) is 2.52. The van der Waals surface area contributed by atoms with E-state index in [-0.39, 0.29) is 68.8 Å². The second-order valence-electron chi connectivity index (χ2n) is 13.9. The van der Waals surface area contributed by atoms with E-state index in [1.54, 1.807) is 0 Å². The highest BCUT2D eigenvalue weighted by Crippen LogP contribution is 2.49. The third-order valence-corrected chi connectivity index (χ3v) is 11.0. The van der Waals surface area contributed by atoms with Crippen LogP contribution in [0.3, 0.4) is 0 Å². The van der Waals surface area contributed by atoms with Gasteiger partial charge in [-0.05, 0) is 86.4 Å². The number of ether oxygens (including phenoxy) is 1. The van der Waals surface area contributed by atoms with Gasteiger partial charge < -0.3 is 20.1 Å². The molecule has 4 atom stereocenters. The molecule has 3 aromatic carbocycles. The van der Waals surface area contributed by atoms with Crippen LogP contribution in [0.2, 0.25) is 0 Å². The SMILES string of the molecule is Oc1cc(-c2ncc3c(N4C[C@H]5CC[C@@H](C4)N5)nc(OC[C@]45CCCN4[C@H](c4ccc(F)cc4)CC5)nc3c2F)c2c(F)c(F)ccc2c1. The van der Waals surface area contributed by atoms with Crippen LogP contribution in [0.25, 0.3) is 32.9 Å². The predicted molar refractivity (Wildman–Crippen MR) is 177 cm³/mol. The molecular weight excluding hydrogens is 636 g/mol. The second-order valence-corrected chi connectivity index (χ2v) is 13.9. The summed E-state index contributed by atoms with van der Waals surface area (Å²) in [6, 6.07) is 12.2. The van der Waals surface area contributed by atoms with E-state index in [9.17, 15) is 13.9 Å². The zero-order valence-electron chi connectivity index (χ0n) is 26.6. The fourth-order valence-corrected chi connectivity index (χ4v) is 8.79. The summed E-state index contributed by atoms with van der Waals surface area (Å²) in [4.78, 5) is 18.4. The largest absolute Gasteiger partial charge is 0.508 e. The highest BCUT2D eigenvalue weighted by Gasteiger charge is 2.50. The van der Waals surface area contributed by atoms with Gasteiger partial charge in [-0.15, -0.1) is 0 Å². The normalized spacial score (nSPS) is 25.1. The van der Waals surface area contributed by atoms with Gasteiger partial charge in [-0.2, -0.15) is 9.97 Å². The number of halogens is 4. The van der Waals surface area contributed by atoms with Crippen molar-refractivity contribution in [1.29, 1.82) is 0 Å². The molecule has 0 unspecified atom stereocenters. The number of nitrogens with one attached hydrogen (secondary N) is 1. The first-order valence-electron chi connectivity index (χ1n) is 16.9. The molecule has 0 aliphatic carbocycles. The molecule has 9 rings (SSSR count). The molecule has 2 aromatic heterocycles. The molecule has 6 heterocycles. The Hall–Kier alpha value is -4.55. The minimum Gasteiger partial charge on any atom is -0.508 e. The van der Waals surface area contributed by atoms with E-state index in [4.69, 9.17) is 9.72 Å². The molecule has 2 N–H and O–H groups in total. The molecule has 0 spiro atoms. The summed E-state index contributed by atoms with van der Waals surface area (Å²) in [5.74, 6) is -3.10. The Morgan fingerprint density at radius 1 is 0.918 bits per heavy atom. The highest BCUT2D eigenvalue weighted by molar-refractivity contribution is 6.00. The van der Waals surface area contributed by atoms with Crippen molar-refractivity contribution in [2.75, 3.05) is 31.1 Å². The Labute approximate surface area is 279 Å². The van der Waals surface area contributed by atoms with E-state index in [1.807, 2.05) is 12.1 Å². The van der Waals surface area contributed by atoms with E-state index in [1.165, 1.54) is 36.5 Å². The monoisotopic (exact) mass is 670 g/mol. The van der Waals surface area contributed by atoms with Gasteiger partial charge in [0.1, 0.15) is 35.2 Å². The van der Waals surface area contributed by atoms with Crippen LogP contribution in [0.15, 0.2) is 54.7 Å². The number of phenolic OH excluding ortho intramolecular Hbond substituents is 1. The summed E-state index contributed by atoms with van der Waals surface area (Å²) >= 11 is 0. The Morgan fingerprint density at radius 2 is 1.71 bits per heavy atom. The summed E-state index contributed by atoms with van der Waals surface area (Å²) in [7, 11) is 0. The number of phenols is 1. The van der Waals surface area contributed by atoms with Gasteiger partial charge in [-0.25, -0.2) is 17.6 Å². The van der Waals surface area contributed by atoms with Crippen molar-refractivity contribution in [3.63, 3.8) is 0 Å². The molecule has 2 bridgehead atoms. The summed E-state index contributed by atoms with van der Waals surface area (Å²) in [5.41, 5.74) is 0.386. The van der Waals surface area contributed by atoms with Gasteiger partial charge in [0.15, 0.2) is 17.5 Å². The first kappa shape index (κ1) is 30.5. The molecule has 0 amide bonds. The summed E-state index contributed by atoms with van der Waals surface area (Å²) in [5, 5.41) is 14.5. The van der Waals surface area contributed by atoms with Crippen LogP contribution in [-0.2, 0) is 0 Å². The third kappa shape index (κ3) is 5.06. The van der Waals surface area contributed by atoms with Crippen molar-refractivity contribution in [2.45, 2.75) is 62.2 Å². The van der Waals surface area contributed by atoms with Crippen molar-refractivity contribution in [2.24, 2.45) is 0 Å². The minimum atomic E-state index is -1.16. The summed E-state index contributed by atoms with van der Waals surface area (Å²) < 4.78 is 66.5. The number of fused-ring (bicyclic) bond motifs is 5. The molecule has 49 heavy (non-hydrogen) atoms. The third-order valence-electron chi connectivity index (χ3n) is 11.0. The number of rotatable bonds is 6. The molecule has 4 aliphatic rings. The lowest BCUT2D eigenvalue weighted by molar-refractivity contribution is 0.0845. The van der Waals surface area contributed by atoms with E-state index in [0.717, 1.165) is 56.7 Å². The van der Waals surface area contributed by atoms with Crippen molar-refractivity contribution in [1.82, 2.24) is 25.2 Å². The fourth-order valence-electron chi connectivity index (χ4n) is 8.79. The number of nitrogens with zero attached hydrogens (tertiary/aromatic N) is 5. The van der Waals surface area contributed by atoms with Gasteiger partial charge in [0, 0.05) is 48.4 Å². The van der Waals surface area contributed by atoms with Gasteiger partial charge in [0.25, 0.3) is 0 Å². The number of aromatic hydroxyl groups is 1. The lowest BCUT2D eigenvalue weighted by Crippen LogP contribution is -2.51. The number of piperazine rings is 1. The molecule has 5 aromatic rings. The first-order chi connectivity index (χ1) is 23.8. The smallest absolute Gasteiger partial charge is 0.319 e. The van der Waals surface area contributed by atoms with Crippen LogP contribution < -0.4 is 15.0 Å². The standard InChI is InChI=1S/C37H34F4N6O2/c38-22-5-2-20(3-6-22)29-10-12-37(11-1-13-47(29)37)19-49-36-44-34-27(35(45-36)46-17-23-7-8-24(18-46)43-23)16-42-33(32(34)41)26-15-25(48)14-21-4-9-28(39)31(40)30(21)26/h2-6,9,14-16,23-24,29,43,48H,1,7-8,10-13,17-19H2/t23-,24+,29-,37+/m0/s1. The van der Waals surface area contributed by atoms with Gasteiger partial charge in [-0.3, -0.25) is 9.88 Å². The zero-order chi connectivity index (χ0) is 33.4. The van der Waals surface area contributed by atoms with Crippen LogP contribution >= 0.6 is 0 Å². The predicted octanol–water partition coefficient (Wildman–Crippen LogP) is 6.80. The maximum Gasteiger partial charge on any atom is 0.319 e. The van der Waals surface area contributed by atoms with Crippen LogP contribution in [-0.4, -0.2) is 68.8 Å². The van der Waals surface area contributed by atoms with Crippen molar-refractivity contribution in [3.8, 4) is 23.0 Å². The molecule has 12 heteroatoms. The molecule has 4 fully saturated rings. The topological polar surface area (TPSA) is 86.6 Å². The Bertz CT molecular complexity index is 2100. The lowest BCUT2D eigenvalue weighted by atomic mass is 9.95. The number of benzene rings is 3. The lowest BCUT2D eigenvalue weighted by Gasteiger charge is -2.35. The van der Waals surface area contributed by atoms with Gasteiger partial charge in [0.05, 0.1) is 10.9 Å². The molecule has 0 saturated carbocycles. The highest BCUT2D eigenvalue weighted by atomic mass is 19.2. The first-order valence-corrected chi connectivity index (χ1v) is 16.9. The van der Waals surface area contributed by atoms with Gasteiger partial charge >= 0.3 is 6.01 Å². The van der Waals surface area contributed by atoms with E-state index in [2.05, 4.69) is 25.1 Å². The number of pyridine rings is 1. The van der Waals surface area contributed by atoms with Crippen LogP contribution in [0.1, 0.15) is 50.1 Å². The maximum atomic E-state index is 16.8. The number of hydrogen-bond acceptors (Lipinski definition) is 8. The second kappa shape index (κ2) is 11.5. The molecule has 8 nitrogen and oxygen atoms in total. The Morgan fingerprint density at radius 3 is 2.51 bits per heavy atom. The number of anilines is 1. The van der Waals surface area contributed by atoms with E-state index in [0.29, 0.717) is 30.9 Å². The molecule has 252 valence electrons. The van der Waals surface area contributed by atoms with E-state index < -0.39 is 17.5 Å². The van der Waals surface area contributed by atoms with Crippen LogP contribution in [0.5, 0.6) is 11.8 Å². The van der Waals surface area contributed by atoms with Crippen molar-refractivity contribution >= 4 is 27.5 Å². The molecule has 4 aliphatic heterocycles. The Kier molecular flexibility index (Phi) is 7.17. The van der Waals surface area contributed by atoms with Crippen LogP contribution in [0, 0.1) is 23.3 Å². The molecule has 4 saturated heterocycles. The maximum absolute atomic E-state index is 16.8. The zero-order valence-corrected chi connectivity index (χ0v) is 26.6. The van der Waals surface area contributed by atoms with Crippen molar-refractivity contribution in [3.05, 3.63) is 83.6 Å². The summed E-state index contributed by atoms with van der Waals surface area (Å²) in [6.07, 6.45) is 7.22. The van der Waals surface area contributed by atoms with Crippen LogP contribution in [0.4, 0.5) is 23.4 Å². The number of hydrogen-bond donors (Lipinski definition) is 2. The number of aromatic nitrogens is 3. The van der Waals surface area contributed by atoms with E-state index >= 15 is 8.78 Å². The van der Waals surface area contributed by atoms with Crippen molar-refractivity contribution < 1.29 is 27.4 Å². The fraction of sp³-hybridized carbons (Fsp3) is 0.378.